The Hall–Kier alpha value is -0.400. The Bertz CT molecular complexity index is 425. The summed E-state index contributed by atoms with van der Waals surface area (Å²) in [6, 6.07) is 2.10. The second-order valence-corrected chi connectivity index (χ2v) is 5.81. The van der Waals surface area contributed by atoms with Crippen LogP contribution in [0.5, 0.6) is 0 Å². The molecule has 0 bridgehead atoms. The highest BCUT2D eigenvalue weighted by Crippen LogP contribution is 2.33. The van der Waals surface area contributed by atoms with Crippen LogP contribution in [0.2, 0.25) is 0 Å². The lowest BCUT2D eigenvalue weighted by atomic mass is 10.0. The predicted octanol–water partition coefficient (Wildman–Crippen LogP) is 3.64. The molecule has 2 heterocycles. The van der Waals surface area contributed by atoms with Gasteiger partial charge in [0.1, 0.15) is 0 Å². The van der Waals surface area contributed by atoms with Crippen LogP contribution in [-0.4, -0.2) is 36.0 Å². The number of nitrogens with zero attached hydrogens (tertiary/aromatic N) is 2. The highest BCUT2D eigenvalue weighted by Gasteiger charge is 2.24. The smallest absolute Gasteiger partial charge is 0.314 e. The molecular formula is C13H23Cl2N3O2S. The molecular weight excluding hydrogens is 333 g/mol. The molecule has 0 saturated carbocycles. The van der Waals surface area contributed by atoms with Crippen molar-refractivity contribution in [2.75, 3.05) is 26.2 Å². The minimum Gasteiger partial charge on any atom is -0.314 e. The largest absolute Gasteiger partial charge is 0.324 e. The van der Waals surface area contributed by atoms with E-state index in [-0.39, 0.29) is 34.7 Å². The van der Waals surface area contributed by atoms with Gasteiger partial charge in [-0.25, -0.2) is 0 Å². The van der Waals surface area contributed by atoms with E-state index in [1.54, 1.807) is 6.07 Å². The van der Waals surface area contributed by atoms with E-state index in [4.69, 9.17) is 0 Å². The zero-order chi connectivity index (χ0) is 13.7. The number of nitro groups is 1. The maximum atomic E-state index is 10.8. The summed E-state index contributed by atoms with van der Waals surface area (Å²) in [7, 11) is 0. The quantitative estimate of drug-likeness (QED) is 0.625. The molecule has 1 aromatic rings. The van der Waals surface area contributed by atoms with E-state index in [1.165, 1.54) is 11.3 Å². The first kappa shape index (κ1) is 20.6. The van der Waals surface area contributed by atoms with Crippen molar-refractivity contribution >= 4 is 41.2 Å². The van der Waals surface area contributed by atoms with Gasteiger partial charge in [-0.15, -0.1) is 24.8 Å². The molecule has 8 heteroatoms. The van der Waals surface area contributed by atoms with Gasteiger partial charge in [-0.3, -0.25) is 15.0 Å². The van der Waals surface area contributed by atoms with Crippen LogP contribution < -0.4 is 5.32 Å². The summed E-state index contributed by atoms with van der Waals surface area (Å²) < 4.78 is 0. The summed E-state index contributed by atoms with van der Waals surface area (Å²) in [6.07, 6.45) is 3.41. The zero-order valence-electron chi connectivity index (χ0n) is 12.1. The first-order chi connectivity index (χ1) is 9.22. The molecule has 1 aromatic heterocycles. The molecule has 122 valence electrons. The maximum Gasteiger partial charge on any atom is 0.324 e. The van der Waals surface area contributed by atoms with E-state index in [0.717, 1.165) is 51.0 Å². The SMILES string of the molecule is CCCC[C@H](c1csc([N+](=O)[O-])c1)N1CCNCC1.Cl.Cl. The Morgan fingerprint density at radius 3 is 2.62 bits per heavy atom. The van der Waals surface area contributed by atoms with E-state index >= 15 is 0 Å². The summed E-state index contributed by atoms with van der Waals surface area (Å²) in [5.41, 5.74) is 1.12. The van der Waals surface area contributed by atoms with E-state index in [9.17, 15) is 10.1 Å². The molecule has 0 amide bonds. The van der Waals surface area contributed by atoms with Crippen LogP contribution in [0.1, 0.15) is 37.8 Å². The normalized spacial score (nSPS) is 16.6. The minimum absolute atomic E-state index is 0. The molecule has 21 heavy (non-hydrogen) atoms. The second-order valence-electron chi connectivity index (χ2n) is 4.92. The van der Waals surface area contributed by atoms with Gasteiger partial charge in [-0.2, -0.15) is 0 Å². The molecule has 0 aliphatic carbocycles. The molecule has 0 radical (unpaired) electrons. The van der Waals surface area contributed by atoms with E-state index in [2.05, 4.69) is 17.1 Å². The van der Waals surface area contributed by atoms with Gasteiger partial charge >= 0.3 is 5.00 Å². The van der Waals surface area contributed by atoms with Gasteiger partial charge < -0.3 is 5.32 Å². The number of unbranched alkanes of at least 4 members (excludes halogenated alkanes) is 1. The Balaban J connectivity index is 0.00000200. The Morgan fingerprint density at radius 2 is 2.10 bits per heavy atom. The molecule has 1 N–H and O–H groups in total. The molecule has 0 unspecified atom stereocenters. The third-order valence-corrected chi connectivity index (χ3v) is 4.49. The van der Waals surface area contributed by atoms with Crippen LogP contribution in [0.3, 0.4) is 0 Å². The van der Waals surface area contributed by atoms with E-state index in [1.807, 2.05) is 5.38 Å². The molecule has 2 rings (SSSR count). The van der Waals surface area contributed by atoms with Crippen molar-refractivity contribution in [3.05, 3.63) is 27.1 Å². The summed E-state index contributed by atoms with van der Waals surface area (Å²) in [5, 5.41) is 16.4. The van der Waals surface area contributed by atoms with Gasteiger partial charge in [0.05, 0.1) is 4.92 Å². The van der Waals surface area contributed by atoms with Gasteiger partial charge in [-0.1, -0.05) is 31.1 Å². The second kappa shape index (κ2) is 10.3. The van der Waals surface area contributed by atoms with Crippen molar-refractivity contribution in [1.82, 2.24) is 10.2 Å². The molecule has 5 nitrogen and oxygen atoms in total. The summed E-state index contributed by atoms with van der Waals surface area (Å²) >= 11 is 1.24. The lowest BCUT2D eigenvalue weighted by molar-refractivity contribution is -0.380. The van der Waals surface area contributed by atoms with Crippen molar-refractivity contribution < 1.29 is 4.92 Å². The number of hydrogen-bond donors (Lipinski definition) is 1. The molecule has 0 aromatic carbocycles. The van der Waals surface area contributed by atoms with Gasteiger partial charge in [0.2, 0.25) is 0 Å². The van der Waals surface area contributed by atoms with Gasteiger partial charge in [0, 0.05) is 43.7 Å². The average Bonchev–Trinajstić information content (AvgIpc) is 2.90. The van der Waals surface area contributed by atoms with Crippen molar-refractivity contribution in [3.8, 4) is 0 Å². The fourth-order valence-electron chi connectivity index (χ4n) is 2.56. The highest BCUT2D eigenvalue weighted by atomic mass is 35.5. The van der Waals surface area contributed by atoms with Gasteiger partial charge in [0.25, 0.3) is 0 Å². The number of halogens is 2. The van der Waals surface area contributed by atoms with Crippen molar-refractivity contribution in [2.45, 2.75) is 32.2 Å². The maximum absolute atomic E-state index is 10.8. The number of nitrogens with one attached hydrogen (secondary N) is 1. The Kier molecular flexibility index (Phi) is 10.1. The van der Waals surface area contributed by atoms with Crippen LogP contribution in [0.15, 0.2) is 11.4 Å². The lowest BCUT2D eigenvalue weighted by Gasteiger charge is -2.34. The van der Waals surface area contributed by atoms with Crippen molar-refractivity contribution in [1.29, 1.82) is 0 Å². The first-order valence-electron chi connectivity index (χ1n) is 6.90. The Labute approximate surface area is 142 Å². The molecule has 1 aliphatic heterocycles. The molecule has 0 spiro atoms. The number of hydrogen-bond acceptors (Lipinski definition) is 5. The molecule has 1 atom stereocenters. The molecule has 1 saturated heterocycles. The van der Waals surface area contributed by atoms with Crippen molar-refractivity contribution in [3.63, 3.8) is 0 Å². The first-order valence-corrected chi connectivity index (χ1v) is 7.78. The Morgan fingerprint density at radius 1 is 1.43 bits per heavy atom. The highest BCUT2D eigenvalue weighted by molar-refractivity contribution is 7.13. The van der Waals surface area contributed by atoms with Crippen LogP contribution in [0, 0.1) is 10.1 Å². The van der Waals surface area contributed by atoms with Crippen LogP contribution in [0.4, 0.5) is 5.00 Å². The van der Waals surface area contributed by atoms with Crippen LogP contribution >= 0.6 is 36.2 Å². The van der Waals surface area contributed by atoms with Crippen LogP contribution in [0.25, 0.3) is 0 Å². The monoisotopic (exact) mass is 355 g/mol. The van der Waals surface area contributed by atoms with Crippen LogP contribution in [-0.2, 0) is 0 Å². The third-order valence-electron chi connectivity index (χ3n) is 3.59. The minimum atomic E-state index is -0.289. The van der Waals surface area contributed by atoms with E-state index < -0.39 is 0 Å². The predicted molar refractivity (Wildman–Crippen MR) is 92.2 cm³/mol. The fourth-order valence-corrected chi connectivity index (χ4v) is 3.33. The number of piperazine rings is 1. The fraction of sp³-hybridized carbons (Fsp3) is 0.692. The van der Waals surface area contributed by atoms with E-state index in [0.29, 0.717) is 6.04 Å². The van der Waals surface area contributed by atoms with Gasteiger partial charge in [-0.05, 0) is 12.0 Å². The van der Waals surface area contributed by atoms with Crippen molar-refractivity contribution in [2.24, 2.45) is 0 Å². The number of rotatable bonds is 6. The number of thiophene rings is 1. The standard InChI is InChI=1S/C13H21N3O2S.2ClH/c1-2-3-4-12(15-7-5-14-6-8-15)11-9-13(16(17)18)19-10-11;;/h9-10,12,14H,2-8H2,1H3;2*1H/t12-;;/m1../s1. The summed E-state index contributed by atoms with van der Waals surface area (Å²) in [6.45, 7) is 6.25. The topological polar surface area (TPSA) is 58.4 Å². The zero-order valence-corrected chi connectivity index (χ0v) is 14.6. The summed E-state index contributed by atoms with van der Waals surface area (Å²) in [4.78, 5) is 13.0. The lowest BCUT2D eigenvalue weighted by Crippen LogP contribution is -2.45. The molecule has 1 aliphatic rings. The molecule has 1 fully saturated rings. The average molecular weight is 356 g/mol. The third kappa shape index (κ3) is 5.71. The summed E-state index contributed by atoms with van der Waals surface area (Å²) in [5.74, 6) is 0. The van der Waals surface area contributed by atoms with Gasteiger partial charge in [0.15, 0.2) is 0 Å².